The number of methoxy groups -OCH3 is 1. The van der Waals surface area contributed by atoms with Crippen LogP contribution >= 0.6 is 11.6 Å². The first-order chi connectivity index (χ1) is 4.84. The third kappa shape index (κ3) is 2.14. The molecule has 2 unspecified atom stereocenters. The van der Waals surface area contributed by atoms with Gasteiger partial charge in [0.25, 0.3) is 0 Å². The second-order valence-electron chi connectivity index (χ2n) is 3.02. The summed E-state index contributed by atoms with van der Waals surface area (Å²) in [5, 5.41) is 0.369. The Bertz CT molecular complexity index is 93.3. The second-order valence-corrected chi connectivity index (χ2v) is 3.58. The van der Waals surface area contributed by atoms with E-state index in [9.17, 15) is 0 Å². The Morgan fingerprint density at radius 2 is 2.10 bits per heavy atom. The lowest BCUT2D eigenvalue weighted by Gasteiger charge is -2.25. The van der Waals surface area contributed by atoms with E-state index in [-0.39, 0.29) is 0 Å². The first-order valence-electron chi connectivity index (χ1n) is 3.97. The van der Waals surface area contributed by atoms with E-state index in [2.05, 4.69) is 0 Å². The van der Waals surface area contributed by atoms with Crippen molar-refractivity contribution in [2.75, 3.05) is 13.7 Å². The van der Waals surface area contributed by atoms with Crippen LogP contribution in [0.1, 0.15) is 25.7 Å². The number of halogens is 1. The Hall–Kier alpha value is 0.250. The summed E-state index contributed by atoms with van der Waals surface area (Å²) in [6.07, 6.45) is 5.06. The van der Waals surface area contributed by atoms with Gasteiger partial charge in [-0.2, -0.15) is 0 Å². The number of hydrogen-bond acceptors (Lipinski definition) is 1. The van der Waals surface area contributed by atoms with E-state index in [1.54, 1.807) is 7.11 Å². The fourth-order valence-corrected chi connectivity index (χ4v) is 1.92. The largest absolute Gasteiger partial charge is 0.384 e. The Morgan fingerprint density at radius 3 is 2.70 bits per heavy atom. The average Bonchev–Trinajstić information content (AvgIpc) is 1.94. The normalized spacial score (nSPS) is 34.2. The molecule has 0 saturated heterocycles. The lowest BCUT2D eigenvalue weighted by Crippen LogP contribution is -2.23. The molecule has 0 N–H and O–H groups in total. The molecule has 1 rings (SSSR count). The molecule has 0 amide bonds. The van der Waals surface area contributed by atoms with Gasteiger partial charge in [-0.25, -0.2) is 0 Å². The standard InChI is InChI=1S/C8H15ClO/c1-10-6-7-4-2-3-5-8(7)9/h7-8H,2-6H2,1H3. The Kier molecular flexibility index (Phi) is 3.50. The van der Waals surface area contributed by atoms with Crippen molar-refractivity contribution >= 4 is 11.6 Å². The first kappa shape index (κ1) is 8.35. The highest BCUT2D eigenvalue weighted by Gasteiger charge is 2.22. The second kappa shape index (κ2) is 4.20. The van der Waals surface area contributed by atoms with Crippen molar-refractivity contribution in [3.63, 3.8) is 0 Å². The molecule has 1 nitrogen and oxygen atoms in total. The fraction of sp³-hybridized carbons (Fsp3) is 1.00. The average molecular weight is 163 g/mol. The van der Waals surface area contributed by atoms with Gasteiger partial charge in [0.15, 0.2) is 0 Å². The predicted molar refractivity (Wildman–Crippen MR) is 43.5 cm³/mol. The van der Waals surface area contributed by atoms with Gasteiger partial charge in [0.1, 0.15) is 0 Å². The maximum atomic E-state index is 6.08. The van der Waals surface area contributed by atoms with Gasteiger partial charge in [0.2, 0.25) is 0 Å². The molecule has 0 aromatic rings. The van der Waals surface area contributed by atoms with Crippen LogP contribution < -0.4 is 0 Å². The van der Waals surface area contributed by atoms with Crippen LogP contribution in [0.4, 0.5) is 0 Å². The van der Waals surface area contributed by atoms with Gasteiger partial charge in [0.05, 0.1) is 6.61 Å². The summed E-state index contributed by atoms with van der Waals surface area (Å²) < 4.78 is 5.07. The van der Waals surface area contributed by atoms with E-state index in [1.807, 2.05) is 0 Å². The van der Waals surface area contributed by atoms with Crippen LogP contribution in [-0.2, 0) is 4.74 Å². The van der Waals surface area contributed by atoms with E-state index < -0.39 is 0 Å². The zero-order valence-corrected chi connectivity index (χ0v) is 7.23. The monoisotopic (exact) mass is 162 g/mol. The zero-order chi connectivity index (χ0) is 7.40. The van der Waals surface area contributed by atoms with Crippen molar-refractivity contribution in [2.24, 2.45) is 5.92 Å². The van der Waals surface area contributed by atoms with E-state index in [0.29, 0.717) is 11.3 Å². The van der Waals surface area contributed by atoms with Crippen LogP contribution in [0.5, 0.6) is 0 Å². The molecule has 0 spiro atoms. The minimum atomic E-state index is 0.369. The highest BCUT2D eigenvalue weighted by Crippen LogP contribution is 2.28. The van der Waals surface area contributed by atoms with Crippen LogP contribution in [0.2, 0.25) is 0 Å². The molecule has 2 heteroatoms. The molecule has 0 aliphatic heterocycles. The summed E-state index contributed by atoms with van der Waals surface area (Å²) in [4.78, 5) is 0. The Morgan fingerprint density at radius 1 is 1.40 bits per heavy atom. The minimum absolute atomic E-state index is 0.369. The highest BCUT2D eigenvalue weighted by molar-refractivity contribution is 6.20. The summed E-state index contributed by atoms with van der Waals surface area (Å²) in [7, 11) is 1.75. The molecular formula is C8H15ClO. The van der Waals surface area contributed by atoms with Gasteiger partial charge in [-0.05, 0) is 18.8 Å². The van der Waals surface area contributed by atoms with Crippen LogP contribution in [0.15, 0.2) is 0 Å². The molecule has 0 bridgehead atoms. The maximum absolute atomic E-state index is 6.08. The van der Waals surface area contributed by atoms with Gasteiger partial charge in [0, 0.05) is 12.5 Å². The molecule has 60 valence electrons. The van der Waals surface area contributed by atoms with Gasteiger partial charge in [-0.1, -0.05) is 12.8 Å². The molecule has 2 atom stereocenters. The third-order valence-corrected chi connectivity index (χ3v) is 2.77. The van der Waals surface area contributed by atoms with E-state index in [4.69, 9.17) is 16.3 Å². The Balaban J connectivity index is 2.25. The van der Waals surface area contributed by atoms with Crippen LogP contribution in [-0.4, -0.2) is 19.1 Å². The topological polar surface area (TPSA) is 9.23 Å². The molecule has 0 heterocycles. The third-order valence-electron chi connectivity index (χ3n) is 2.20. The maximum Gasteiger partial charge on any atom is 0.0504 e. The first-order valence-corrected chi connectivity index (χ1v) is 4.41. The van der Waals surface area contributed by atoms with Crippen LogP contribution in [0.3, 0.4) is 0 Å². The van der Waals surface area contributed by atoms with Gasteiger partial charge in [-0.15, -0.1) is 11.6 Å². The highest BCUT2D eigenvalue weighted by atomic mass is 35.5. The lowest BCUT2D eigenvalue weighted by molar-refractivity contribution is 0.133. The number of rotatable bonds is 2. The molecule has 1 aliphatic rings. The molecular weight excluding hydrogens is 148 g/mol. The quantitative estimate of drug-likeness (QED) is 0.567. The SMILES string of the molecule is COCC1CCCCC1Cl. The van der Waals surface area contributed by atoms with Crippen molar-refractivity contribution in [1.82, 2.24) is 0 Å². The van der Waals surface area contributed by atoms with Crippen molar-refractivity contribution in [3.05, 3.63) is 0 Å². The molecule has 1 saturated carbocycles. The smallest absolute Gasteiger partial charge is 0.0504 e. The summed E-state index contributed by atoms with van der Waals surface area (Å²) in [5.41, 5.74) is 0. The summed E-state index contributed by atoms with van der Waals surface area (Å²) in [6, 6.07) is 0. The molecule has 0 aromatic heterocycles. The van der Waals surface area contributed by atoms with Gasteiger partial charge in [-0.3, -0.25) is 0 Å². The molecule has 1 aliphatic carbocycles. The number of ether oxygens (including phenoxy) is 1. The predicted octanol–water partition coefficient (Wildman–Crippen LogP) is 2.43. The van der Waals surface area contributed by atoms with Crippen LogP contribution in [0.25, 0.3) is 0 Å². The van der Waals surface area contributed by atoms with Crippen molar-refractivity contribution in [1.29, 1.82) is 0 Å². The Labute approximate surface area is 67.7 Å². The van der Waals surface area contributed by atoms with Crippen molar-refractivity contribution in [2.45, 2.75) is 31.1 Å². The zero-order valence-electron chi connectivity index (χ0n) is 6.48. The van der Waals surface area contributed by atoms with Gasteiger partial charge >= 0.3 is 0 Å². The van der Waals surface area contributed by atoms with E-state index >= 15 is 0 Å². The van der Waals surface area contributed by atoms with Crippen LogP contribution in [0, 0.1) is 5.92 Å². The van der Waals surface area contributed by atoms with E-state index in [1.165, 1.54) is 25.7 Å². The molecule has 0 aromatic carbocycles. The van der Waals surface area contributed by atoms with Crippen molar-refractivity contribution in [3.8, 4) is 0 Å². The fourth-order valence-electron chi connectivity index (χ4n) is 1.56. The minimum Gasteiger partial charge on any atom is -0.384 e. The van der Waals surface area contributed by atoms with Crippen molar-refractivity contribution < 1.29 is 4.74 Å². The van der Waals surface area contributed by atoms with Gasteiger partial charge < -0.3 is 4.74 Å². The molecule has 0 radical (unpaired) electrons. The number of alkyl halides is 1. The molecule has 1 fully saturated rings. The summed E-state index contributed by atoms with van der Waals surface area (Å²) in [6.45, 7) is 0.841. The summed E-state index contributed by atoms with van der Waals surface area (Å²) >= 11 is 6.08. The van der Waals surface area contributed by atoms with E-state index in [0.717, 1.165) is 6.61 Å². The number of hydrogen-bond donors (Lipinski definition) is 0. The molecule has 10 heavy (non-hydrogen) atoms. The lowest BCUT2D eigenvalue weighted by atomic mass is 9.89. The summed E-state index contributed by atoms with van der Waals surface area (Å²) in [5.74, 6) is 0.611.